The lowest BCUT2D eigenvalue weighted by atomic mass is 9.87. The average Bonchev–Trinajstić information content (AvgIpc) is 2.35. The van der Waals surface area contributed by atoms with Crippen molar-refractivity contribution in [3.63, 3.8) is 0 Å². The molecule has 0 amide bonds. The lowest BCUT2D eigenvalue weighted by Crippen LogP contribution is -2.10. The zero-order chi connectivity index (χ0) is 14.8. The summed E-state index contributed by atoms with van der Waals surface area (Å²) in [6, 6.07) is 12.4. The number of hydrogen-bond donors (Lipinski definition) is 1. The molecule has 2 aromatic carbocycles. The van der Waals surface area contributed by atoms with Crippen LogP contribution in [0.15, 0.2) is 42.5 Å². The first-order chi connectivity index (χ1) is 9.34. The quantitative estimate of drug-likeness (QED) is 0.847. The van der Waals surface area contributed by atoms with Crippen LogP contribution < -0.4 is 10.5 Å². The molecule has 0 aliphatic carbocycles. The molecule has 0 heterocycles. The summed E-state index contributed by atoms with van der Waals surface area (Å²) in [7, 11) is 0. The van der Waals surface area contributed by atoms with E-state index in [2.05, 4.69) is 32.9 Å². The highest BCUT2D eigenvalue weighted by atomic mass is 19.1. The van der Waals surface area contributed by atoms with E-state index in [4.69, 9.17) is 10.5 Å². The van der Waals surface area contributed by atoms with E-state index < -0.39 is 0 Å². The summed E-state index contributed by atoms with van der Waals surface area (Å²) in [6.45, 7) is 6.80. The van der Waals surface area contributed by atoms with Crippen LogP contribution in [-0.2, 0) is 12.0 Å². The molecule has 2 rings (SSSR count). The van der Waals surface area contributed by atoms with Gasteiger partial charge in [-0.1, -0.05) is 32.9 Å². The van der Waals surface area contributed by atoms with Crippen molar-refractivity contribution < 1.29 is 9.13 Å². The lowest BCUT2D eigenvalue weighted by molar-refractivity contribution is 0.305. The molecule has 106 valence electrons. The normalized spacial score (nSPS) is 11.4. The van der Waals surface area contributed by atoms with Crippen LogP contribution in [0.5, 0.6) is 5.75 Å². The van der Waals surface area contributed by atoms with Crippen molar-refractivity contribution in [3.05, 3.63) is 59.4 Å². The summed E-state index contributed by atoms with van der Waals surface area (Å²) in [5.74, 6) is 0.424. The Morgan fingerprint density at radius 3 is 2.25 bits per heavy atom. The molecule has 0 unspecified atom stereocenters. The fourth-order valence-electron chi connectivity index (χ4n) is 1.98. The van der Waals surface area contributed by atoms with Gasteiger partial charge in [0.2, 0.25) is 0 Å². The number of rotatable bonds is 3. The molecule has 0 aliphatic heterocycles. The number of hydrogen-bond acceptors (Lipinski definition) is 2. The van der Waals surface area contributed by atoms with Gasteiger partial charge in [-0.3, -0.25) is 0 Å². The van der Waals surface area contributed by atoms with Crippen molar-refractivity contribution in [2.24, 2.45) is 0 Å². The molecular weight excluding hydrogens is 253 g/mol. The predicted octanol–water partition coefficient (Wildman–Crippen LogP) is 4.28. The van der Waals surface area contributed by atoms with Gasteiger partial charge in [-0.25, -0.2) is 4.39 Å². The third-order valence-electron chi connectivity index (χ3n) is 3.11. The van der Waals surface area contributed by atoms with Crippen LogP contribution in [0.3, 0.4) is 0 Å². The Bertz CT molecular complexity index is 565. The monoisotopic (exact) mass is 273 g/mol. The summed E-state index contributed by atoms with van der Waals surface area (Å²) in [5.41, 5.74) is 8.10. The van der Waals surface area contributed by atoms with Crippen LogP contribution in [0.1, 0.15) is 31.9 Å². The number of ether oxygens (including phenoxy) is 1. The maximum absolute atomic E-state index is 13.2. The van der Waals surface area contributed by atoms with Gasteiger partial charge in [-0.05, 0) is 46.9 Å². The van der Waals surface area contributed by atoms with Gasteiger partial charge in [0, 0.05) is 5.69 Å². The van der Waals surface area contributed by atoms with Gasteiger partial charge in [0.15, 0.2) is 0 Å². The molecule has 0 fully saturated rings. The first-order valence-corrected chi connectivity index (χ1v) is 6.63. The SMILES string of the molecule is CC(C)(C)c1ccc(OCc2cc(N)cc(F)c2)cc1. The molecule has 0 radical (unpaired) electrons. The van der Waals surface area contributed by atoms with Crippen molar-refractivity contribution in [1.29, 1.82) is 0 Å². The summed E-state index contributed by atoms with van der Waals surface area (Å²) in [6.07, 6.45) is 0. The first-order valence-electron chi connectivity index (χ1n) is 6.63. The highest BCUT2D eigenvalue weighted by molar-refractivity contribution is 5.41. The Hall–Kier alpha value is -2.03. The van der Waals surface area contributed by atoms with Gasteiger partial charge in [-0.15, -0.1) is 0 Å². The van der Waals surface area contributed by atoms with Gasteiger partial charge in [0.05, 0.1) is 0 Å². The molecule has 2 N–H and O–H groups in total. The average molecular weight is 273 g/mol. The Balaban J connectivity index is 2.04. The van der Waals surface area contributed by atoms with Crippen molar-refractivity contribution in [2.45, 2.75) is 32.8 Å². The highest BCUT2D eigenvalue weighted by Crippen LogP contribution is 2.24. The molecule has 20 heavy (non-hydrogen) atoms. The molecule has 3 heteroatoms. The van der Waals surface area contributed by atoms with E-state index in [0.717, 1.165) is 11.3 Å². The number of benzene rings is 2. The standard InChI is InChI=1S/C17H20FNO/c1-17(2,3)13-4-6-16(7-5-13)20-11-12-8-14(18)10-15(19)9-12/h4-10H,11,19H2,1-3H3. The molecule has 2 aromatic rings. The van der Waals surface area contributed by atoms with Gasteiger partial charge < -0.3 is 10.5 Å². The largest absolute Gasteiger partial charge is 0.489 e. The molecule has 0 aliphatic rings. The minimum absolute atomic E-state index is 0.121. The van der Waals surface area contributed by atoms with Gasteiger partial charge in [-0.2, -0.15) is 0 Å². The molecule has 0 saturated carbocycles. The smallest absolute Gasteiger partial charge is 0.125 e. The summed E-state index contributed by atoms with van der Waals surface area (Å²) >= 11 is 0. The molecule has 0 spiro atoms. The number of nitrogen functional groups attached to an aromatic ring is 1. The Kier molecular flexibility index (Phi) is 3.98. The maximum atomic E-state index is 13.2. The molecular formula is C17H20FNO. The van der Waals surface area contributed by atoms with E-state index in [9.17, 15) is 4.39 Å². The van der Waals surface area contributed by atoms with Gasteiger partial charge >= 0.3 is 0 Å². The lowest BCUT2D eigenvalue weighted by Gasteiger charge is -2.19. The van der Waals surface area contributed by atoms with E-state index in [1.54, 1.807) is 6.07 Å². The van der Waals surface area contributed by atoms with Crippen LogP contribution in [0.25, 0.3) is 0 Å². The molecule has 2 nitrogen and oxygen atoms in total. The third kappa shape index (κ3) is 3.73. The fourth-order valence-corrected chi connectivity index (χ4v) is 1.98. The minimum atomic E-state index is -0.341. The Morgan fingerprint density at radius 2 is 1.70 bits per heavy atom. The van der Waals surface area contributed by atoms with E-state index in [1.807, 2.05) is 12.1 Å². The molecule has 0 aromatic heterocycles. The van der Waals surface area contributed by atoms with Gasteiger partial charge in [0.1, 0.15) is 18.2 Å². The van der Waals surface area contributed by atoms with Gasteiger partial charge in [0.25, 0.3) is 0 Å². The summed E-state index contributed by atoms with van der Waals surface area (Å²) < 4.78 is 18.8. The molecule has 0 atom stereocenters. The van der Waals surface area contributed by atoms with E-state index in [0.29, 0.717) is 12.3 Å². The van der Waals surface area contributed by atoms with Crippen molar-refractivity contribution >= 4 is 5.69 Å². The van der Waals surface area contributed by atoms with Crippen molar-refractivity contribution in [2.75, 3.05) is 5.73 Å². The molecule has 0 bridgehead atoms. The van der Waals surface area contributed by atoms with Crippen LogP contribution in [0.4, 0.5) is 10.1 Å². The maximum Gasteiger partial charge on any atom is 0.125 e. The van der Waals surface area contributed by atoms with Crippen LogP contribution in [0, 0.1) is 5.82 Å². The van der Waals surface area contributed by atoms with E-state index in [-0.39, 0.29) is 11.2 Å². The van der Waals surface area contributed by atoms with E-state index >= 15 is 0 Å². The number of halogens is 1. The van der Waals surface area contributed by atoms with Crippen LogP contribution in [-0.4, -0.2) is 0 Å². The second-order valence-electron chi connectivity index (χ2n) is 5.96. The second-order valence-corrected chi connectivity index (χ2v) is 5.96. The molecule has 0 saturated heterocycles. The summed E-state index contributed by atoms with van der Waals surface area (Å²) in [5, 5.41) is 0. The predicted molar refractivity (Wildman–Crippen MR) is 80.3 cm³/mol. The zero-order valence-corrected chi connectivity index (χ0v) is 12.1. The third-order valence-corrected chi connectivity index (χ3v) is 3.11. The summed E-state index contributed by atoms with van der Waals surface area (Å²) in [4.78, 5) is 0. The topological polar surface area (TPSA) is 35.2 Å². The Morgan fingerprint density at radius 1 is 1.05 bits per heavy atom. The van der Waals surface area contributed by atoms with Crippen molar-refractivity contribution in [1.82, 2.24) is 0 Å². The van der Waals surface area contributed by atoms with Crippen LogP contribution in [0.2, 0.25) is 0 Å². The minimum Gasteiger partial charge on any atom is -0.489 e. The Labute approximate surface area is 119 Å². The fraction of sp³-hybridized carbons (Fsp3) is 0.294. The van der Waals surface area contributed by atoms with E-state index in [1.165, 1.54) is 17.7 Å². The number of anilines is 1. The highest BCUT2D eigenvalue weighted by Gasteiger charge is 2.12. The van der Waals surface area contributed by atoms with Crippen molar-refractivity contribution in [3.8, 4) is 5.75 Å². The first kappa shape index (κ1) is 14.4. The van der Waals surface area contributed by atoms with Crippen LogP contribution >= 0.6 is 0 Å². The zero-order valence-electron chi connectivity index (χ0n) is 12.1. The number of nitrogens with two attached hydrogens (primary N) is 1. The second kappa shape index (κ2) is 5.53.